The lowest BCUT2D eigenvalue weighted by atomic mass is 9.92. The van der Waals surface area contributed by atoms with Gasteiger partial charge in [-0.3, -0.25) is 14.4 Å². The van der Waals surface area contributed by atoms with Gasteiger partial charge in [0.2, 0.25) is 11.8 Å². The molecule has 0 N–H and O–H groups in total. The second kappa shape index (κ2) is 6.93. The van der Waals surface area contributed by atoms with Crippen LogP contribution in [0.15, 0.2) is 24.3 Å². The van der Waals surface area contributed by atoms with E-state index in [2.05, 4.69) is 0 Å². The predicted octanol–water partition coefficient (Wildman–Crippen LogP) is 3.15. The number of hydrogen-bond donors (Lipinski definition) is 0. The van der Waals surface area contributed by atoms with Crippen LogP contribution in [0.4, 0.5) is 5.69 Å². The third-order valence-corrected chi connectivity index (χ3v) is 5.13. The molecule has 3 rings (SSSR count). The van der Waals surface area contributed by atoms with Crippen molar-refractivity contribution in [1.82, 2.24) is 4.90 Å². The number of benzene rings is 1. The molecule has 0 aromatic heterocycles. The Balaban J connectivity index is 1.85. The lowest BCUT2D eigenvalue weighted by Crippen LogP contribution is -2.50. The molecule has 5 nitrogen and oxygen atoms in total. The third-order valence-electron chi connectivity index (χ3n) is 4.88. The van der Waals surface area contributed by atoms with Crippen LogP contribution in [0.2, 0.25) is 5.02 Å². The number of carbonyl (C=O) groups excluding carboxylic acids is 3. The van der Waals surface area contributed by atoms with Gasteiger partial charge in [0.15, 0.2) is 0 Å². The van der Waals surface area contributed by atoms with Crippen LogP contribution in [-0.2, 0) is 14.4 Å². The predicted molar refractivity (Wildman–Crippen MR) is 91.7 cm³/mol. The maximum absolute atomic E-state index is 12.9. The first-order valence-corrected chi connectivity index (χ1v) is 8.78. The van der Waals surface area contributed by atoms with Gasteiger partial charge in [0, 0.05) is 18.0 Å². The van der Waals surface area contributed by atoms with Gasteiger partial charge in [-0.15, -0.1) is 0 Å². The molecule has 0 spiro atoms. The van der Waals surface area contributed by atoms with Crippen molar-refractivity contribution >= 4 is 35.0 Å². The number of imide groups is 1. The Labute approximate surface area is 146 Å². The average Bonchev–Trinajstić information content (AvgIpc) is 2.84. The molecule has 1 heterocycles. The normalized spacial score (nSPS) is 22.1. The van der Waals surface area contributed by atoms with E-state index < -0.39 is 6.04 Å². The van der Waals surface area contributed by atoms with E-state index in [1.54, 1.807) is 29.2 Å². The van der Waals surface area contributed by atoms with Gasteiger partial charge in [0.25, 0.3) is 5.91 Å². The molecule has 1 saturated carbocycles. The number of rotatable bonds is 3. The molecule has 1 unspecified atom stereocenters. The van der Waals surface area contributed by atoms with E-state index in [0.29, 0.717) is 10.7 Å². The number of amides is 3. The van der Waals surface area contributed by atoms with Gasteiger partial charge in [-0.25, -0.2) is 4.90 Å². The fourth-order valence-corrected chi connectivity index (χ4v) is 3.91. The summed E-state index contributed by atoms with van der Waals surface area (Å²) in [7, 11) is 0. The van der Waals surface area contributed by atoms with Gasteiger partial charge in [0.1, 0.15) is 6.04 Å². The molecule has 1 saturated heterocycles. The van der Waals surface area contributed by atoms with Crippen molar-refractivity contribution in [3.63, 3.8) is 0 Å². The summed E-state index contributed by atoms with van der Waals surface area (Å²) in [5.41, 5.74) is 0.504. The first-order chi connectivity index (χ1) is 11.5. The van der Waals surface area contributed by atoms with Gasteiger partial charge in [-0.2, -0.15) is 0 Å². The lowest BCUT2D eigenvalue weighted by molar-refractivity contribution is -0.140. The summed E-state index contributed by atoms with van der Waals surface area (Å²) in [6.07, 6.45) is 5.14. The Morgan fingerprint density at radius 1 is 1.12 bits per heavy atom. The van der Waals surface area contributed by atoms with E-state index >= 15 is 0 Å². The monoisotopic (exact) mass is 348 g/mol. The molecule has 1 aromatic carbocycles. The van der Waals surface area contributed by atoms with Gasteiger partial charge in [0.05, 0.1) is 12.1 Å². The molecular formula is C18H21ClN2O3. The van der Waals surface area contributed by atoms with E-state index in [0.717, 1.165) is 32.1 Å². The van der Waals surface area contributed by atoms with Crippen LogP contribution < -0.4 is 4.90 Å². The minimum Gasteiger partial charge on any atom is -0.327 e. The van der Waals surface area contributed by atoms with Gasteiger partial charge in [-0.1, -0.05) is 30.9 Å². The fourth-order valence-electron chi connectivity index (χ4n) is 3.78. The van der Waals surface area contributed by atoms with Crippen molar-refractivity contribution in [1.29, 1.82) is 0 Å². The third kappa shape index (κ3) is 3.18. The van der Waals surface area contributed by atoms with E-state index in [4.69, 9.17) is 11.6 Å². The molecule has 1 aliphatic heterocycles. The summed E-state index contributed by atoms with van der Waals surface area (Å²) in [6, 6.07) is 5.97. The van der Waals surface area contributed by atoms with Crippen LogP contribution >= 0.6 is 11.6 Å². The molecule has 0 bridgehead atoms. The standard InChI is InChI=1S/C18H21ClN2O3/c1-12(22)20(14-5-3-2-4-6-14)16-11-17(23)21(18(16)24)15-9-7-13(19)8-10-15/h7-10,14,16H,2-6,11H2,1H3. The molecule has 24 heavy (non-hydrogen) atoms. The number of halogens is 1. The SMILES string of the molecule is CC(=O)N(C1CCCCC1)C1CC(=O)N(c2ccc(Cl)cc2)C1=O. The summed E-state index contributed by atoms with van der Waals surface area (Å²) >= 11 is 5.87. The highest BCUT2D eigenvalue weighted by molar-refractivity contribution is 6.30. The number of carbonyl (C=O) groups is 3. The smallest absolute Gasteiger partial charge is 0.257 e. The van der Waals surface area contributed by atoms with Crippen molar-refractivity contribution in [3.05, 3.63) is 29.3 Å². The maximum Gasteiger partial charge on any atom is 0.257 e. The molecule has 6 heteroatoms. The summed E-state index contributed by atoms with van der Waals surface area (Å²) in [4.78, 5) is 40.3. The Kier molecular flexibility index (Phi) is 4.90. The molecule has 2 fully saturated rings. The fraction of sp³-hybridized carbons (Fsp3) is 0.500. The molecule has 1 atom stereocenters. The van der Waals surface area contributed by atoms with E-state index in [-0.39, 0.29) is 30.2 Å². The molecule has 1 aliphatic carbocycles. The molecule has 0 radical (unpaired) electrons. The first kappa shape index (κ1) is 17.0. The molecule has 128 valence electrons. The zero-order chi connectivity index (χ0) is 17.3. The molecular weight excluding hydrogens is 328 g/mol. The van der Waals surface area contributed by atoms with E-state index in [1.807, 2.05) is 0 Å². The Morgan fingerprint density at radius 2 is 1.75 bits per heavy atom. The molecule has 2 aliphatic rings. The first-order valence-electron chi connectivity index (χ1n) is 8.40. The zero-order valence-corrected chi connectivity index (χ0v) is 14.5. The molecule has 1 aromatic rings. The summed E-state index contributed by atoms with van der Waals surface area (Å²) in [5, 5.41) is 0.543. The quantitative estimate of drug-likeness (QED) is 0.788. The molecule has 3 amide bonds. The van der Waals surface area contributed by atoms with Crippen LogP contribution in [-0.4, -0.2) is 34.7 Å². The van der Waals surface area contributed by atoms with Crippen LogP contribution in [0, 0.1) is 0 Å². The van der Waals surface area contributed by atoms with Crippen LogP contribution in [0.3, 0.4) is 0 Å². The average molecular weight is 349 g/mol. The van der Waals surface area contributed by atoms with Crippen LogP contribution in [0.25, 0.3) is 0 Å². The highest BCUT2D eigenvalue weighted by Crippen LogP contribution is 2.31. The van der Waals surface area contributed by atoms with Crippen molar-refractivity contribution < 1.29 is 14.4 Å². The van der Waals surface area contributed by atoms with Gasteiger partial charge < -0.3 is 4.90 Å². The maximum atomic E-state index is 12.9. The Morgan fingerprint density at radius 3 is 2.33 bits per heavy atom. The van der Waals surface area contributed by atoms with Crippen molar-refractivity contribution in [2.45, 2.75) is 57.5 Å². The highest BCUT2D eigenvalue weighted by Gasteiger charge is 2.45. The Hall–Kier alpha value is -1.88. The topological polar surface area (TPSA) is 57.7 Å². The Bertz CT molecular complexity index is 653. The minimum atomic E-state index is -0.686. The summed E-state index contributed by atoms with van der Waals surface area (Å²) in [6.45, 7) is 1.48. The second-order valence-electron chi connectivity index (χ2n) is 6.48. The van der Waals surface area contributed by atoms with E-state index in [9.17, 15) is 14.4 Å². The highest BCUT2D eigenvalue weighted by atomic mass is 35.5. The van der Waals surface area contributed by atoms with Crippen LogP contribution in [0.1, 0.15) is 45.4 Å². The number of anilines is 1. The zero-order valence-electron chi connectivity index (χ0n) is 13.7. The van der Waals surface area contributed by atoms with Gasteiger partial charge in [-0.05, 0) is 37.1 Å². The second-order valence-corrected chi connectivity index (χ2v) is 6.92. The minimum absolute atomic E-state index is 0.0531. The number of nitrogens with zero attached hydrogens (tertiary/aromatic N) is 2. The summed E-state index contributed by atoms with van der Waals surface area (Å²) < 4.78 is 0. The van der Waals surface area contributed by atoms with Crippen molar-refractivity contribution in [2.24, 2.45) is 0 Å². The van der Waals surface area contributed by atoms with Crippen LogP contribution in [0.5, 0.6) is 0 Å². The van der Waals surface area contributed by atoms with Crippen molar-refractivity contribution in [2.75, 3.05) is 4.90 Å². The lowest BCUT2D eigenvalue weighted by Gasteiger charge is -2.36. The van der Waals surface area contributed by atoms with E-state index in [1.165, 1.54) is 11.8 Å². The van der Waals surface area contributed by atoms with Crippen molar-refractivity contribution in [3.8, 4) is 0 Å². The van der Waals surface area contributed by atoms with Gasteiger partial charge >= 0.3 is 0 Å². The largest absolute Gasteiger partial charge is 0.327 e. The number of hydrogen-bond acceptors (Lipinski definition) is 3. The summed E-state index contributed by atoms with van der Waals surface area (Å²) in [5.74, 6) is -0.719.